The van der Waals surface area contributed by atoms with E-state index in [2.05, 4.69) is 15.5 Å². The van der Waals surface area contributed by atoms with Gasteiger partial charge in [0.05, 0.1) is 12.7 Å². The number of carbonyl (C=O) groups is 2. The van der Waals surface area contributed by atoms with E-state index in [9.17, 15) is 9.59 Å². The summed E-state index contributed by atoms with van der Waals surface area (Å²) >= 11 is 6.07. The van der Waals surface area contributed by atoms with Gasteiger partial charge in [0, 0.05) is 31.0 Å². The van der Waals surface area contributed by atoms with Crippen molar-refractivity contribution in [1.82, 2.24) is 20.4 Å². The molecule has 1 aromatic heterocycles. The van der Waals surface area contributed by atoms with Gasteiger partial charge in [0.25, 0.3) is 5.91 Å². The van der Waals surface area contributed by atoms with Crippen molar-refractivity contribution >= 4 is 23.4 Å². The second-order valence-electron chi connectivity index (χ2n) is 8.33. The Labute approximate surface area is 186 Å². The molecule has 1 aliphatic heterocycles. The van der Waals surface area contributed by atoms with Gasteiger partial charge in [-0.1, -0.05) is 29.6 Å². The van der Waals surface area contributed by atoms with E-state index in [1.54, 1.807) is 30.0 Å². The number of likely N-dealkylation sites (tertiary alicyclic amines) is 1. The van der Waals surface area contributed by atoms with E-state index in [4.69, 9.17) is 20.9 Å². The summed E-state index contributed by atoms with van der Waals surface area (Å²) < 4.78 is 10.5. The highest BCUT2D eigenvalue weighted by Gasteiger charge is 2.42. The molecule has 0 unspecified atom stereocenters. The van der Waals surface area contributed by atoms with Gasteiger partial charge in [-0.2, -0.15) is 4.98 Å². The van der Waals surface area contributed by atoms with Crippen LogP contribution in [0.5, 0.6) is 5.75 Å². The summed E-state index contributed by atoms with van der Waals surface area (Å²) in [6.07, 6.45) is 4.85. The first-order chi connectivity index (χ1) is 14.9. The van der Waals surface area contributed by atoms with Gasteiger partial charge >= 0.3 is 0 Å². The first-order valence-corrected chi connectivity index (χ1v) is 11.1. The lowest BCUT2D eigenvalue weighted by Gasteiger charge is -2.34. The molecule has 2 fully saturated rings. The average Bonchev–Trinajstić information content (AvgIpc) is 3.43. The summed E-state index contributed by atoms with van der Waals surface area (Å²) in [4.78, 5) is 32.2. The smallest absolute Gasteiger partial charge is 0.257 e. The van der Waals surface area contributed by atoms with E-state index in [0.717, 1.165) is 25.7 Å². The van der Waals surface area contributed by atoms with E-state index < -0.39 is 5.54 Å². The Morgan fingerprint density at radius 1 is 1.26 bits per heavy atom. The Kier molecular flexibility index (Phi) is 6.18. The van der Waals surface area contributed by atoms with Crippen molar-refractivity contribution in [3.63, 3.8) is 0 Å². The fourth-order valence-electron chi connectivity index (χ4n) is 4.58. The molecule has 1 aliphatic carbocycles. The first kappa shape index (κ1) is 21.6. The van der Waals surface area contributed by atoms with Crippen molar-refractivity contribution in [2.24, 2.45) is 5.92 Å². The fraction of sp³-hybridized carbons (Fsp3) is 0.545. The second-order valence-corrected chi connectivity index (χ2v) is 8.76. The summed E-state index contributed by atoms with van der Waals surface area (Å²) in [5.74, 6) is 1.27. The summed E-state index contributed by atoms with van der Waals surface area (Å²) in [7, 11) is 1.53. The minimum absolute atomic E-state index is 0.00297. The van der Waals surface area contributed by atoms with Crippen LogP contribution in [0.2, 0.25) is 5.02 Å². The minimum Gasteiger partial charge on any atom is -0.496 e. The maximum Gasteiger partial charge on any atom is 0.257 e. The van der Waals surface area contributed by atoms with Gasteiger partial charge in [-0.15, -0.1) is 0 Å². The maximum atomic E-state index is 13.1. The standard InChI is InChI=1S/C22H27ClN4O4/c1-14-24-21(26-31-14)22(9-3-4-10-22)25-19(28)15-7-11-27(12-8-15)20(29)17-13-16(23)5-6-18(17)30-2/h5-6,13,15H,3-4,7-12H2,1-2H3,(H,25,28). The molecule has 9 heteroatoms. The van der Waals surface area contributed by atoms with Crippen LogP contribution in [0.3, 0.4) is 0 Å². The lowest BCUT2D eigenvalue weighted by atomic mass is 9.91. The SMILES string of the molecule is COc1ccc(Cl)cc1C(=O)N1CCC(C(=O)NC2(c3noc(C)n3)CCCC2)CC1. The number of rotatable bonds is 5. The van der Waals surface area contributed by atoms with Gasteiger partial charge in [-0.25, -0.2) is 0 Å². The van der Waals surface area contributed by atoms with Crippen LogP contribution in [0.25, 0.3) is 0 Å². The van der Waals surface area contributed by atoms with Crippen LogP contribution in [-0.2, 0) is 10.3 Å². The molecule has 8 nitrogen and oxygen atoms in total. The van der Waals surface area contributed by atoms with E-state index in [0.29, 0.717) is 54.0 Å². The minimum atomic E-state index is -0.546. The van der Waals surface area contributed by atoms with Gasteiger partial charge in [-0.05, 0) is 43.9 Å². The van der Waals surface area contributed by atoms with Gasteiger partial charge in [0.15, 0.2) is 5.82 Å². The summed E-state index contributed by atoms with van der Waals surface area (Å²) in [5, 5.41) is 7.80. The summed E-state index contributed by atoms with van der Waals surface area (Å²) in [6, 6.07) is 5.01. The van der Waals surface area contributed by atoms with Crippen LogP contribution in [0, 0.1) is 12.8 Å². The number of amides is 2. The number of benzene rings is 1. The number of piperidine rings is 1. The lowest BCUT2D eigenvalue weighted by molar-refractivity contribution is -0.128. The topological polar surface area (TPSA) is 97.6 Å². The van der Waals surface area contributed by atoms with Crippen molar-refractivity contribution in [3.05, 3.63) is 40.5 Å². The number of aromatic nitrogens is 2. The van der Waals surface area contributed by atoms with Crippen molar-refractivity contribution in [2.45, 2.75) is 51.0 Å². The number of halogens is 1. The van der Waals surface area contributed by atoms with Crippen LogP contribution in [-0.4, -0.2) is 47.1 Å². The number of ether oxygens (including phenoxy) is 1. The molecule has 31 heavy (non-hydrogen) atoms. The number of nitrogens with zero attached hydrogens (tertiary/aromatic N) is 3. The van der Waals surface area contributed by atoms with Crippen molar-refractivity contribution in [3.8, 4) is 5.75 Å². The zero-order valence-electron chi connectivity index (χ0n) is 17.8. The van der Waals surface area contributed by atoms with Gasteiger partial charge in [-0.3, -0.25) is 9.59 Å². The molecule has 166 valence electrons. The highest BCUT2D eigenvalue weighted by molar-refractivity contribution is 6.31. The third-order valence-electron chi connectivity index (χ3n) is 6.32. The van der Waals surface area contributed by atoms with Crippen LogP contribution in [0.15, 0.2) is 22.7 Å². The molecule has 0 bridgehead atoms. The zero-order valence-corrected chi connectivity index (χ0v) is 18.6. The van der Waals surface area contributed by atoms with E-state index in [1.807, 2.05) is 0 Å². The molecular weight excluding hydrogens is 420 g/mol. The van der Waals surface area contributed by atoms with Crippen LogP contribution >= 0.6 is 11.6 Å². The Balaban J connectivity index is 1.40. The summed E-state index contributed by atoms with van der Waals surface area (Å²) in [6.45, 7) is 2.75. The molecule has 1 N–H and O–H groups in total. The molecule has 2 amide bonds. The highest BCUT2D eigenvalue weighted by atomic mass is 35.5. The molecule has 4 rings (SSSR count). The largest absolute Gasteiger partial charge is 0.496 e. The first-order valence-electron chi connectivity index (χ1n) is 10.7. The maximum absolute atomic E-state index is 13.1. The molecule has 2 heterocycles. The van der Waals surface area contributed by atoms with Gasteiger partial charge in [0.1, 0.15) is 11.3 Å². The Hall–Kier alpha value is -2.61. The number of methoxy groups -OCH3 is 1. The molecule has 2 aromatic rings. The van der Waals surface area contributed by atoms with E-state index >= 15 is 0 Å². The normalized spacial score (nSPS) is 18.7. The molecule has 0 atom stereocenters. The Morgan fingerprint density at radius 3 is 2.58 bits per heavy atom. The molecule has 2 aliphatic rings. The monoisotopic (exact) mass is 446 g/mol. The highest BCUT2D eigenvalue weighted by Crippen LogP contribution is 2.38. The van der Waals surface area contributed by atoms with Crippen molar-refractivity contribution < 1.29 is 18.8 Å². The van der Waals surface area contributed by atoms with Crippen LogP contribution in [0.4, 0.5) is 0 Å². The van der Waals surface area contributed by atoms with Crippen molar-refractivity contribution in [2.75, 3.05) is 20.2 Å². The van der Waals surface area contributed by atoms with Crippen LogP contribution < -0.4 is 10.1 Å². The molecule has 1 saturated carbocycles. The molecule has 1 saturated heterocycles. The molecule has 1 aromatic carbocycles. The van der Waals surface area contributed by atoms with Crippen LogP contribution in [0.1, 0.15) is 60.6 Å². The average molecular weight is 447 g/mol. The Morgan fingerprint density at radius 2 is 1.97 bits per heavy atom. The van der Waals surface area contributed by atoms with E-state index in [1.165, 1.54) is 7.11 Å². The number of aryl methyl sites for hydroxylation is 1. The number of nitrogens with one attached hydrogen (secondary N) is 1. The lowest BCUT2D eigenvalue weighted by Crippen LogP contribution is -2.49. The van der Waals surface area contributed by atoms with Gasteiger partial charge in [0.2, 0.25) is 11.8 Å². The molecule has 0 spiro atoms. The van der Waals surface area contributed by atoms with E-state index in [-0.39, 0.29) is 17.7 Å². The quantitative estimate of drug-likeness (QED) is 0.755. The third-order valence-corrected chi connectivity index (χ3v) is 6.56. The fourth-order valence-corrected chi connectivity index (χ4v) is 4.75. The number of hydrogen-bond donors (Lipinski definition) is 1. The second kappa shape index (κ2) is 8.86. The predicted octanol–water partition coefficient (Wildman–Crippen LogP) is 3.48. The number of carbonyl (C=O) groups excluding carboxylic acids is 2. The Bertz CT molecular complexity index is 962. The predicted molar refractivity (Wildman–Crippen MR) is 114 cm³/mol. The van der Waals surface area contributed by atoms with Gasteiger partial charge < -0.3 is 19.5 Å². The van der Waals surface area contributed by atoms with Crippen molar-refractivity contribution in [1.29, 1.82) is 0 Å². The molecule has 0 radical (unpaired) electrons. The summed E-state index contributed by atoms with van der Waals surface area (Å²) in [5.41, 5.74) is -0.106. The zero-order chi connectivity index (χ0) is 22.0. The number of hydrogen-bond acceptors (Lipinski definition) is 6. The third kappa shape index (κ3) is 4.39. The molecular formula is C22H27ClN4O4.